The van der Waals surface area contributed by atoms with E-state index in [1.807, 2.05) is 0 Å². The van der Waals surface area contributed by atoms with Gasteiger partial charge in [0.25, 0.3) is 0 Å². The lowest BCUT2D eigenvalue weighted by atomic mass is 9.47. The van der Waals surface area contributed by atoms with Crippen molar-refractivity contribution in [3.8, 4) is 0 Å². The van der Waals surface area contributed by atoms with Crippen LogP contribution in [0.25, 0.3) is 0 Å². The van der Waals surface area contributed by atoms with E-state index in [9.17, 15) is 0 Å². The molecular weight excluding hydrogens is 226 g/mol. The summed E-state index contributed by atoms with van der Waals surface area (Å²) in [6, 6.07) is 0. The van der Waals surface area contributed by atoms with Crippen molar-refractivity contribution in [3.05, 3.63) is 0 Å². The molecule has 0 radical (unpaired) electrons. The normalized spacial score (nSPS) is 61.3. The third-order valence-corrected chi connectivity index (χ3v) is 6.44. The monoisotopic (exact) mass is 249 g/mol. The molecule has 6 rings (SSSR count). The zero-order chi connectivity index (χ0) is 11.8. The first-order valence-corrected chi connectivity index (χ1v) is 7.79. The van der Waals surface area contributed by atoms with Crippen LogP contribution in [0.2, 0.25) is 0 Å². The second kappa shape index (κ2) is 3.31. The number of morpholine rings is 1. The summed E-state index contributed by atoms with van der Waals surface area (Å²) in [7, 11) is 0. The molecule has 6 bridgehead atoms. The minimum absolute atomic E-state index is 0.258. The second-order valence-corrected chi connectivity index (χ2v) is 7.63. The van der Waals surface area contributed by atoms with Crippen LogP contribution in [0, 0.1) is 23.2 Å². The van der Waals surface area contributed by atoms with Crippen LogP contribution < -0.4 is 5.32 Å². The number of fused-ring (bicyclic) bond motifs is 2. The molecule has 0 aromatic rings. The zero-order valence-electron chi connectivity index (χ0n) is 11.0. The summed E-state index contributed by atoms with van der Waals surface area (Å²) in [5.74, 6) is 2.66. The minimum Gasteiger partial charge on any atom is -0.345 e. The van der Waals surface area contributed by atoms with Crippen molar-refractivity contribution in [3.63, 3.8) is 0 Å². The summed E-state index contributed by atoms with van der Waals surface area (Å²) < 4.78 is 12.6. The summed E-state index contributed by atoms with van der Waals surface area (Å²) in [4.78, 5) is 0. The molecule has 0 spiro atoms. The third kappa shape index (κ3) is 1.21. The highest BCUT2D eigenvalue weighted by Crippen LogP contribution is 2.65. The third-order valence-electron chi connectivity index (χ3n) is 6.44. The summed E-state index contributed by atoms with van der Waals surface area (Å²) in [5.41, 5.74) is 0.351. The van der Waals surface area contributed by atoms with E-state index in [-0.39, 0.29) is 5.79 Å². The van der Waals surface area contributed by atoms with Gasteiger partial charge in [-0.2, -0.15) is 0 Å². The molecular formula is C15H23NO2. The predicted molar refractivity (Wildman–Crippen MR) is 67.0 cm³/mol. The maximum absolute atomic E-state index is 6.39. The smallest absolute Gasteiger partial charge is 0.187 e. The van der Waals surface area contributed by atoms with Gasteiger partial charge in [-0.1, -0.05) is 0 Å². The Labute approximate surface area is 109 Å². The number of nitrogens with one attached hydrogen (secondary N) is 1. The van der Waals surface area contributed by atoms with Gasteiger partial charge in [0.05, 0.1) is 19.3 Å². The van der Waals surface area contributed by atoms with E-state index in [1.54, 1.807) is 0 Å². The Morgan fingerprint density at radius 2 is 1.61 bits per heavy atom. The van der Waals surface area contributed by atoms with Crippen LogP contribution in [0.1, 0.15) is 38.5 Å². The zero-order valence-corrected chi connectivity index (χ0v) is 11.0. The van der Waals surface area contributed by atoms with Crippen molar-refractivity contribution in [2.24, 2.45) is 23.2 Å². The van der Waals surface area contributed by atoms with Crippen molar-refractivity contribution in [2.45, 2.75) is 50.4 Å². The SMILES string of the molecule is C1C2CC3CC1CC(C14CNCC(CO1)O4)(C2)C3. The number of hydrogen-bond donors (Lipinski definition) is 1. The Kier molecular flexibility index (Phi) is 1.95. The topological polar surface area (TPSA) is 30.5 Å². The van der Waals surface area contributed by atoms with E-state index in [0.29, 0.717) is 11.5 Å². The lowest BCUT2D eigenvalue weighted by Crippen LogP contribution is -2.64. The van der Waals surface area contributed by atoms with Crippen LogP contribution in [-0.4, -0.2) is 31.6 Å². The highest BCUT2D eigenvalue weighted by Gasteiger charge is 2.65. The largest absolute Gasteiger partial charge is 0.345 e. The molecule has 4 saturated carbocycles. The number of ether oxygens (including phenoxy) is 2. The van der Waals surface area contributed by atoms with Crippen LogP contribution in [0.15, 0.2) is 0 Å². The fraction of sp³-hybridized carbons (Fsp3) is 1.00. The van der Waals surface area contributed by atoms with Crippen molar-refractivity contribution in [1.29, 1.82) is 0 Å². The van der Waals surface area contributed by atoms with Crippen molar-refractivity contribution >= 4 is 0 Å². The molecule has 2 unspecified atom stereocenters. The van der Waals surface area contributed by atoms with Crippen molar-refractivity contribution < 1.29 is 9.47 Å². The average Bonchev–Trinajstić information content (AvgIpc) is 2.64. The fourth-order valence-corrected chi connectivity index (χ4v) is 6.20. The van der Waals surface area contributed by atoms with Gasteiger partial charge in [0.1, 0.15) is 0 Å². The van der Waals surface area contributed by atoms with Crippen molar-refractivity contribution in [1.82, 2.24) is 5.32 Å². The lowest BCUT2D eigenvalue weighted by Gasteiger charge is -2.62. The summed E-state index contributed by atoms with van der Waals surface area (Å²) in [6.45, 7) is 2.72. The van der Waals surface area contributed by atoms with Gasteiger partial charge < -0.3 is 14.8 Å². The Morgan fingerprint density at radius 1 is 0.944 bits per heavy atom. The number of hydrogen-bond acceptors (Lipinski definition) is 3. The first-order valence-electron chi connectivity index (χ1n) is 7.79. The maximum Gasteiger partial charge on any atom is 0.187 e. The molecule has 4 aliphatic carbocycles. The molecule has 2 heterocycles. The molecule has 0 aromatic heterocycles. The first kappa shape index (κ1) is 10.6. The Hall–Kier alpha value is -0.120. The van der Waals surface area contributed by atoms with Gasteiger partial charge in [0.2, 0.25) is 0 Å². The molecule has 2 saturated heterocycles. The Balaban J connectivity index is 1.55. The number of rotatable bonds is 1. The van der Waals surface area contributed by atoms with E-state index >= 15 is 0 Å². The van der Waals surface area contributed by atoms with Crippen LogP contribution in [0.5, 0.6) is 0 Å². The molecule has 1 N–H and O–H groups in total. The van der Waals surface area contributed by atoms with Gasteiger partial charge in [-0.25, -0.2) is 0 Å². The van der Waals surface area contributed by atoms with Crippen LogP contribution in [-0.2, 0) is 9.47 Å². The minimum atomic E-state index is -0.258. The molecule has 100 valence electrons. The molecule has 3 heteroatoms. The quantitative estimate of drug-likeness (QED) is 0.770. The van der Waals surface area contributed by atoms with E-state index < -0.39 is 0 Å². The summed E-state index contributed by atoms with van der Waals surface area (Å²) in [6.07, 6.45) is 8.89. The molecule has 18 heavy (non-hydrogen) atoms. The van der Waals surface area contributed by atoms with E-state index in [0.717, 1.165) is 37.5 Å². The molecule has 0 aromatic carbocycles. The van der Waals surface area contributed by atoms with Crippen LogP contribution in [0.3, 0.4) is 0 Å². The standard InChI is InChI=1S/C15H23NO2/c1-10-2-12-3-11(1)5-14(4-10,6-12)15-9-16-7-13(18-15)8-17-15/h10-13,16H,1-9H2. The molecule has 3 nitrogen and oxygen atoms in total. The molecule has 6 aliphatic rings. The van der Waals surface area contributed by atoms with Crippen molar-refractivity contribution in [2.75, 3.05) is 19.7 Å². The van der Waals surface area contributed by atoms with E-state index in [1.165, 1.54) is 38.5 Å². The Bertz CT molecular complexity index is 343. The fourth-order valence-electron chi connectivity index (χ4n) is 6.20. The average molecular weight is 249 g/mol. The van der Waals surface area contributed by atoms with E-state index in [2.05, 4.69) is 5.32 Å². The van der Waals surface area contributed by atoms with Gasteiger partial charge in [-0.3, -0.25) is 0 Å². The summed E-state index contributed by atoms with van der Waals surface area (Å²) >= 11 is 0. The van der Waals surface area contributed by atoms with Gasteiger partial charge in [-0.05, 0) is 56.3 Å². The van der Waals surface area contributed by atoms with Crippen LogP contribution >= 0.6 is 0 Å². The summed E-state index contributed by atoms with van der Waals surface area (Å²) in [5, 5.41) is 3.56. The van der Waals surface area contributed by atoms with Crippen LogP contribution in [0.4, 0.5) is 0 Å². The van der Waals surface area contributed by atoms with Gasteiger partial charge in [-0.15, -0.1) is 0 Å². The predicted octanol–water partition coefficient (Wildman–Crippen LogP) is 1.92. The lowest BCUT2D eigenvalue weighted by molar-refractivity contribution is -0.291. The highest BCUT2D eigenvalue weighted by atomic mass is 16.8. The second-order valence-electron chi connectivity index (χ2n) is 7.63. The molecule has 2 atom stereocenters. The Morgan fingerprint density at radius 3 is 2.28 bits per heavy atom. The maximum atomic E-state index is 6.39. The van der Waals surface area contributed by atoms with Gasteiger partial charge in [0, 0.05) is 12.0 Å². The highest BCUT2D eigenvalue weighted by molar-refractivity contribution is 5.10. The molecule has 6 fully saturated rings. The first-order chi connectivity index (χ1) is 8.77. The van der Waals surface area contributed by atoms with Gasteiger partial charge in [0.15, 0.2) is 5.79 Å². The van der Waals surface area contributed by atoms with E-state index in [4.69, 9.17) is 9.47 Å². The molecule has 2 aliphatic heterocycles. The van der Waals surface area contributed by atoms with Gasteiger partial charge >= 0.3 is 0 Å². The molecule has 0 amide bonds.